The van der Waals surface area contributed by atoms with E-state index >= 15 is 0 Å². The van der Waals surface area contributed by atoms with Gasteiger partial charge in [0.2, 0.25) is 0 Å². The quantitative estimate of drug-likeness (QED) is 0.473. The molecule has 1 rings (SSSR count). The molecule has 0 atom stereocenters. The normalized spacial score (nSPS) is 11.3. The minimum absolute atomic E-state index is 0.0917. The molecule has 1 aromatic rings. The van der Waals surface area contributed by atoms with E-state index in [1.165, 1.54) is 6.07 Å². The Balaban J connectivity index is 3.58. The third kappa shape index (κ3) is 3.11. The van der Waals surface area contributed by atoms with Gasteiger partial charge in [-0.1, -0.05) is 6.92 Å². The van der Waals surface area contributed by atoms with Crippen LogP contribution in [0.3, 0.4) is 0 Å². The lowest BCUT2D eigenvalue weighted by molar-refractivity contribution is -0.386. The highest BCUT2D eigenvalue weighted by molar-refractivity contribution is 8.13. The first-order chi connectivity index (χ1) is 8.31. The highest BCUT2D eigenvalue weighted by Crippen LogP contribution is 2.35. The molecule has 6 nitrogen and oxygen atoms in total. The highest BCUT2D eigenvalue weighted by Gasteiger charge is 2.24. The number of nitro benzene ring substituents is 1. The third-order valence-electron chi connectivity index (χ3n) is 2.27. The third-order valence-corrected chi connectivity index (χ3v) is 3.60. The fourth-order valence-electron chi connectivity index (χ4n) is 1.49. The molecule has 18 heavy (non-hydrogen) atoms. The molecule has 0 fully saturated rings. The summed E-state index contributed by atoms with van der Waals surface area (Å²) >= 11 is 0. The molecule has 0 saturated carbocycles. The Morgan fingerprint density at radius 1 is 1.39 bits per heavy atom. The second-order valence-corrected chi connectivity index (χ2v) is 5.98. The monoisotopic (exact) mass is 293 g/mol. The number of nitro groups is 1. The Bertz CT molecular complexity index is 570. The second-order valence-electron chi connectivity index (χ2n) is 3.41. The van der Waals surface area contributed by atoms with Crippen LogP contribution in [0, 0.1) is 10.1 Å². The van der Waals surface area contributed by atoms with Crippen molar-refractivity contribution in [3.8, 4) is 5.75 Å². The molecular weight excluding hydrogens is 282 g/mol. The largest absolute Gasteiger partial charge is 0.487 e. The lowest BCUT2D eigenvalue weighted by Gasteiger charge is -2.10. The van der Waals surface area contributed by atoms with Gasteiger partial charge in [-0.3, -0.25) is 10.1 Å². The van der Waals surface area contributed by atoms with Gasteiger partial charge in [0, 0.05) is 22.3 Å². The van der Waals surface area contributed by atoms with Gasteiger partial charge in [-0.15, -0.1) is 0 Å². The first kappa shape index (κ1) is 14.7. The summed E-state index contributed by atoms with van der Waals surface area (Å²) in [6, 6.07) is 2.20. The first-order valence-electron chi connectivity index (χ1n) is 5.20. The lowest BCUT2D eigenvalue weighted by Crippen LogP contribution is -2.03. The van der Waals surface area contributed by atoms with E-state index in [0.717, 1.165) is 6.07 Å². The summed E-state index contributed by atoms with van der Waals surface area (Å²) in [6.07, 6.45) is 0.399. The number of hydrogen-bond donors (Lipinski definition) is 0. The van der Waals surface area contributed by atoms with Crippen LogP contribution in [0.25, 0.3) is 0 Å². The van der Waals surface area contributed by atoms with Crippen molar-refractivity contribution >= 4 is 25.4 Å². The molecule has 0 spiro atoms. The Morgan fingerprint density at radius 2 is 2.00 bits per heavy atom. The molecule has 100 valence electrons. The van der Waals surface area contributed by atoms with E-state index in [1.54, 1.807) is 13.8 Å². The molecule has 0 N–H and O–H groups in total. The zero-order chi connectivity index (χ0) is 13.9. The summed E-state index contributed by atoms with van der Waals surface area (Å²) in [5.74, 6) is 0.0917. The molecule has 0 bridgehead atoms. The Labute approximate surface area is 109 Å². The van der Waals surface area contributed by atoms with E-state index in [1.807, 2.05) is 0 Å². The average Bonchev–Trinajstić information content (AvgIpc) is 2.27. The molecule has 1 aromatic carbocycles. The van der Waals surface area contributed by atoms with Gasteiger partial charge in [-0.05, 0) is 19.4 Å². The van der Waals surface area contributed by atoms with Crippen molar-refractivity contribution in [2.45, 2.75) is 25.2 Å². The predicted molar refractivity (Wildman–Crippen MR) is 66.7 cm³/mol. The average molecular weight is 294 g/mol. The molecule has 0 aromatic heterocycles. The standard InChI is InChI=1S/C10H12ClNO5S/c1-3-7-5-8(18(11,15)16)6-9(12(13)14)10(7)17-4-2/h5-6H,3-4H2,1-2H3. The Hall–Kier alpha value is -1.34. The molecule has 0 aliphatic heterocycles. The van der Waals surface area contributed by atoms with Gasteiger partial charge >= 0.3 is 5.69 Å². The fourth-order valence-corrected chi connectivity index (χ4v) is 2.30. The number of rotatable bonds is 5. The van der Waals surface area contributed by atoms with E-state index in [0.29, 0.717) is 12.0 Å². The van der Waals surface area contributed by atoms with Crippen molar-refractivity contribution in [3.63, 3.8) is 0 Å². The predicted octanol–water partition coefficient (Wildman–Crippen LogP) is 2.48. The van der Waals surface area contributed by atoms with Gasteiger partial charge in [0.15, 0.2) is 5.75 Å². The molecule has 0 aliphatic carbocycles. The second kappa shape index (κ2) is 5.53. The van der Waals surface area contributed by atoms with Crippen molar-refractivity contribution < 1.29 is 18.1 Å². The molecule has 8 heteroatoms. The lowest BCUT2D eigenvalue weighted by atomic mass is 10.1. The topological polar surface area (TPSA) is 86.5 Å². The maximum atomic E-state index is 11.2. The van der Waals surface area contributed by atoms with Gasteiger partial charge in [-0.2, -0.15) is 0 Å². The minimum Gasteiger partial charge on any atom is -0.487 e. The van der Waals surface area contributed by atoms with E-state index in [4.69, 9.17) is 15.4 Å². The summed E-state index contributed by atoms with van der Waals surface area (Å²) < 4.78 is 27.7. The summed E-state index contributed by atoms with van der Waals surface area (Å²) in [6.45, 7) is 3.68. The Kier molecular flexibility index (Phi) is 4.53. The molecule has 0 aliphatic rings. The highest BCUT2D eigenvalue weighted by atomic mass is 35.7. The van der Waals surface area contributed by atoms with Crippen LogP contribution in [-0.4, -0.2) is 19.9 Å². The van der Waals surface area contributed by atoms with Crippen LogP contribution < -0.4 is 4.74 Å². The number of ether oxygens (including phenoxy) is 1. The minimum atomic E-state index is -4.01. The van der Waals surface area contributed by atoms with Gasteiger partial charge in [0.25, 0.3) is 9.05 Å². The van der Waals surface area contributed by atoms with Crippen LogP contribution in [0.5, 0.6) is 5.75 Å². The smallest absolute Gasteiger partial charge is 0.312 e. The summed E-state index contributed by atoms with van der Waals surface area (Å²) in [7, 11) is 1.19. The van der Waals surface area contributed by atoms with Crippen LogP contribution in [0.1, 0.15) is 19.4 Å². The summed E-state index contributed by atoms with van der Waals surface area (Å²) in [5, 5.41) is 10.9. The molecule has 0 saturated heterocycles. The number of aryl methyl sites for hydroxylation is 1. The van der Waals surface area contributed by atoms with E-state index in [2.05, 4.69) is 0 Å². The molecule has 0 unspecified atom stereocenters. The van der Waals surface area contributed by atoms with Crippen LogP contribution in [-0.2, 0) is 15.5 Å². The SMILES string of the molecule is CCOc1c(CC)cc(S(=O)(=O)Cl)cc1[N+](=O)[O-]. The van der Waals surface area contributed by atoms with Gasteiger partial charge in [0.05, 0.1) is 16.4 Å². The zero-order valence-corrected chi connectivity index (χ0v) is 11.4. The number of halogens is 1. The number of hydrogen-bond acceptors (Lipinski definition) is 5. The van der Waals surface area contributed by atoms with Crippen molar-refractivity contribution in [3.05, 3.63) is 27.8 Å². The molecule has 0 heterocycles. The molecular formula is C10H12ClNO5S. The van der Waals surface area contributed by atoms with Crippen LogP contribution in [0.15, 0.2) is 17.0 Å². The summed E-state index contributed by atoms with van der Waals surface area (Å²) in [5.41, 5.74) is 0.0423. The number of nitrogens with zero attached hydrogens (tertiary/aromatic N) is 1. The molecule has 0 amide bonds. The fraction of sp³-hybridized carbons (Fsp3) is 0.400. The summed E-state index contributed by atoms with van der Waals surface area (Å²) in [4.78, 5) is 9.95. The maximum absolute atomic E-state index is 11.2. The van der Waals surface area contributed by atoms with Crippen LogP contribution in [0.4, 0.5) is 5.69 Å². The van der Waals surface area contributed by atoms with E-state index in [-0.39, 0.29) is 17.3 Å². The maximum Gasteiger partial charge on any atom is 0.312 e. The number of benzene rings is 1. The Morgan fingerprint density at radius 3 is 2.39 bits per heavy atom. The van der Waals surface area contributed by atoms with Crippen molar-refractivity contribution in [1.82, 2.24) is 0 Å². The zero-order valence-electron chi connectivity index (χ0n) is 9.84. The van der Waals surface area contributed by atoms with E-state index in [9.17, 15) is 18.5 Å². The van der Waals surface area contributed by atoms with Gasteiger partial charge in [0.1, 0.15) is 0 Å². The van der Waals surface area contributed by atoms with Crippen molar-refractivity contribution in [2.75, 3.05) is 6.61 Å². The van der Waals surface area contributed by atoms with E-state index < -0.39 is 19.7 Å². The van der Waals surface area contributed by atoms with Gasteiger partial charge < -0.3 is 4.74 Å². The van der Waals surface area contributed by atoms with Crippen molar-refractivity contribution in [2.24, 2.45) is 0 Å². The van der Waals surface area contributed by atoms with Gasteiger partial charge in [-0.25, -0.2) is 8.42 Å². The van der Waals surface area contributed by atoms with Crippen LogP contribution in [0.2, 0.25) is 0 Å². The molecule has 0 radical (unpaired) electrons. The van der Waals surface area contributed by atoms with Crippen molar-refractivity contribution in [1.29, 1.82) is 0 Å². The first-order valence-corrected chi connectivity index (χ1v) is 7.51. The van der Waals surface area contributed by atoms with Crippen LogP contribution >= 0.6 is 10.7 Å².